The zero-order chi connectivity index (χ0) is 22.8. The van der Waals surface area contributed by atoms with Crippen molar-refractivity contribution in [2.45, 2.75) is 30.0 Å². The number of sulfonamides is 1. The first kappa shape index (κ1) is 25.8. The van der Waals surface area contributed by atoms with Gasteiger partial charge in [0.1, 0.15) is 10.7 Å². The molecule has 0 spiro atoms. The largest absolute Gasteiger partial charge is 0.858 e. The Kier molecular flexibility index (Phi) is 8.10. The van der Waals surface area contributed by atoms with Gasteiger partial charge >= 0.3 is 6.18 Å². The molecule has 8 nitrogen and oxygen atoms in total. The maximum atomic E-state index is 13.2. The van der Waals surface area contributed by atoms with Crippen LogP contribution in [0.2, 0.25) is 5.02 Å². The Bertz CT molecular complexity index is 1070. The van der Waals surface area contributed by atoms with Gasteiger partial charge in [-0.05, 0) is 42.7 Å². The third-order valence-corrected chi connectivity index (χ3v) is 6.32. The highest BCUT2D eigenvalue weighted by Crippen LogP contribution is 2.34. The average molecular weight is 495 g/mol. The Hall–Kier alpha value is -2.41. The lowest BCUT2D eigenvalue weighted by atomic mass is 10.1. The van der Waals surface area contributed by atoms with Crippen molar-refractivity contribution in [3.63, 3.8) is 0 Å². The Labute approximate surface area is 188 Å². The second-order valence-corrected chi connectivity index (χ2v) is 8.87. The van der Waals surface area contributed by atoms with E-state index in [4.69, 9.17) is 16.3 Å². The van der Waals surface area contributed by atoms with Crippen LogP contribution in [0.25, 0.3) is 0 Å². The predicted octanol–water partition coefficient (Wildman–Crippen LogP) is 3.24. The molecule has 1 aromatic heterocycles. The van der Waals surface area contributed by atoms with E-state index < -0.39 is 38.1 Å². The molecule has 1 aliphatic heterocycles. The molecule has 2 heterocycles. The summed E-state index contributed by atoms with van der Waals surface area (Å²) in [6, 6.07) is 5.06. The van der Waals surface area contributed by atoms with E-state index in [1.54, 1.807) is 7.11 Å². The summed E-state index contributed by atoms with van der Waals surface area (Å²) >= 11 is 5.57. The van der Waals surface area contributed by atoms with Gasteiger partial charge in [-0.15, -0.1) is 0 Å². The van der Waals surface area contributed by atoms with Crippen molar-refractivity contribution in [2.75, 3.05) is 25.1 Å². The molecule has 13 heteroatoms. The number of methoxy groups -OCH3 is 1. The van der Waals surface area contributed by atoms with Crippen LogP contribution < -0.4 is 16.2 Å². The maximum Gasteiger partial charge on any atom is 0.417 e. The van der Waals surface area contributed by atoms with E-state index in [0.717, 1.165) is 31.2 Å². The second-order valence-electron chi connectivity index (χ2n) is 6.83. The number of anilines is 1. The van der Waals surface area contributed by atoms with Crippen LogP contribution in [0.4, 0.5) is 19.0 Å². The molecule has 0 amide bonds. The Morgan fingerprint density at radius 1 is 1.25 bits per heavy atom. The highest BCUT2D eigenvalue weighted by Gasteiger charge is 2.34. The molecule has 0 atom stereocenters. The van der Waals surface area contributed by atoms with Gasteiger partial charge in [-0.2, -0.15) is 26.0 Å². The summed E-state index contributed by atoms with van der Waals surface area (Å²) in [6.45, 7) is 1.36. The van der Waals surface area contributed by atoms with E-state index in [0.29, 0.717) is 25.0 Å². The standard InChI is InChI=1S/C19H19ClF3N3O4S.H3N/c1-30-13-6-8-26(9-7-13)17-5-3-14(11-24-17)31(28,29)25-18(27)15-4-2-12(20)10-16(15)19(21,22)23;/h2-5,10-11,13H,6-9H2,1H3,(H,25,27);1H3. The third kappa shape index (κ3) is 5.88. The number of alkyl halides is 3. The molecule has 3 rings (SSSR count). The minimum absolute atomic E-state index is 0. The molecule has 0 radical (unpaired) electrons. The third-order valence-electron chi connectivity index (χ3n) is 4.84. The SMILES string of the molecule is COC1CCN(c2ccc(S(=O)(=O)/N=C(\[O-])c3ccc(Cl)cc3C(F)(F)F)cn2)CC1.[NH4+]. The number of pyridine rings is 1. The van der Waals surface area contributed by atoms with Crippen LogP contribution in [0.3, 0.4) is 0 Å². The van der Waals surface area contributed by atoms with Crippen molar-refractivity contribution in [1.82, 2.24) is 11.1 Å². The van der Waals surface area contributed by atoms with Crippen LogP contribution in [0.5, 0.6) is 0 Å². The molecular formula is C19H22ClF3N4O4S. The summed E-state index contributed by atoms with van der Waals surface area (Å²) < 4.78 is 72.8. The van der Waals surface area contributed by atoms with E-state index in [2.05, 4.69) is 9.38 Å². The van der Waals surface area contributed by atoms with E-state index in [1.807, 2.05) is 4.90 Å². The van der Waals surface area contributed by atoms with E-state index >= 15 is 0 Å². The number of nitrogens with zero attached hydrogens (tertiary/aromatic N) is 3. The fourth-order valence-corrected chi connectivity index (χ4v) is 4.20. The van der Waals surface area contributed by atoms with Crippen LogP contribution in [-0.4, -0.2) is 45.6 Å². The quantitative estimate of drug-likeness (QED) is 0.501. The zero-order valence-electron chi connectivity index (χ0n) is 17.3. The number of hydrogen-bond acceptors (Lipinski definition) is 6. The van der Waals surface area contributed by atoms with Crippen LogP contribution in [0.15, 0.2) is 45.8 Å². The predicted molar refractivity (Wildman–Crippen MR) is 113 cm³/mol. The summed E-state index contributed by atoms with van der Waals surface area (Å²) in [7, 11) is -2.92. The number of rotatable bonds is 5. The molecule has 0 aliphatic carbocycles. The fourth-order valence-electron chi connectivity index (χ4n) is 3.18. The first-order chi connectivity index (χ1) is 14.5. The number of piperidine rings is 1. The highest BCUT2D eigenvalue weighted by molar-refractivity contribution is 7.90. The Morgan fingerprint density at radius 3 is 2.44 bits per heavy atom. The zero-order valence-corrected chi connectivity index (χ0v) is 18.8. The normalized spacial score (nSPS) is 16.0. The van der Waals surface area contributed by atoms with E-state index in [1.165, 1.54) is 12.1 Å². The molecule has 32 heavy (non-hydrogen) atoms. The topological polar surface area (TPSA) is 131 Å². The van der Waals surface area contributed by atoms with Crippen molar-refractivity contribution >= 4 is 33.3 Å². The summed E-state index contributed by atoms with van der Waals surface area (Å²) in [5.41, 5.74) is -2.28. The lowest BCUT2D eigenvalue weighted by Gasteiger charge is -2.32. The number of halogens is 4. The summed E-state index contributed by atoms with van der Waals surface area (Å²) in [6.07, 6.45) is -2.13. The van der Waals surface area contributed by atoms with Gasteiger partial charge in [0, 0.05) is 37.3 Å². The van der Waals surface area contributed by atoms with Crippen LogP contribution >= 0.6 is 11.6 Å². The first-order valence-electron chi connectivity index (χ1n) is 9.14. The second kappa shape index (κ2) is 10.0. The van der Waals surface area contributed by atoms with Gasteiger partial charge in [-0.25, -0.2) is 4.98 Å². The van der Waals surface area contributed by atoms with Crippen molar-refractivity contribution in [3.05, 3.63) is 52.7 Å². The monoisotopic (exact) mass is 494 g/mol. The van der Waals surface area contributed by atoms with Gasteiger partial charge in [0.15, 0.2) is 0 Å². The number of quaternary nitrogens is 1. The Balaban J connectivity index is 0.00000363. The molecule has 1 aliphatic rings. The van der Waals surface area contributed by atoms with Gasteiger partial charge < -0.3 is 20.9 Å². The van der Waals surface area contributed by atoms with Crippen molar-refractivity contribution in [2.24, 2.45) is 4.40 Å². The van der Waals surface area contributed by atoms with E-state index in [9.17, 15) is 26.7 Å². The molecule has 1 aromatic carbocycles. The summed E-state index contributed by atoms with van der Waals surface area (Å²) in [4.78, 5) is 5.66. The van der Waals surface area contributed by atoms with Gasteiger partial charge in [0.25, 0.3) is 10.0 Å². The molecule has 1 fully saturated rings. The van der Waals surface area contributed by atoms with E-state index in [-0.39, 0.29) is 17.3 Å². The van der Waals surface area contributed by atoms with Crippen molar-refractivity contribution in [1.29, 1.82) is 0 Å². The number of aromatic nitrogens is 1. The van der Waals surface area contributed by atoms with Gasteiger partial charge in [-0.1, -0.05) is 17.7 Å². The number of ether oxygens (including phenoxy) is 1. The summed E-state index contributed by atoms with van der Waals surface area (Å²) in [5.74, 6) is -1.01. The average Bonchev–Trinajstić information content (AvgIpc) is 2.73. The van der Waals surface area contributed by atoms with Gasteiger partial charge in [-0.3, -0.25) is 0 Å². The smallest absolute Gasteiger partial charge is 0.417 e. The van der Waals surface area contributed by atoms with Crippen molar-refractivity contribution < 1.29 is 31.4 Å². The lowest BCUT2D eigenvalue weighted by molar-refractivity contribution is -0.213. The van der Waals surface area contributed by atoms with Crippen LogP contribution in [0.1, 0.15) is 24.0 Å². The minimum Gasteiger partial charge on any atom is -0.858 e. The molecule has 176 valence electrons. The molecule has 0 bridgehead atoms. The molecule has 0 unspecified atom stereocenters. The number of hydrogen-bond donors (Lipinski definition) is 1. The van der Waals surface area contributed by atoms with Crippen LogP contribution in [0, 0.1) is 0 Å². The van der Waals surface area contributed by atoms with Crippen LogP contribution in [-0.2, 0) is 20.9 Å². The van der Waals surface area contributed by atoms with Gasteiger partial charge in [0.05, 0.1) is 11.7 Å². The highest BCUT2D eigenvalue weighted by atomic mass is 35.5. The van der Waals surface area contributed by atoms with Crippen molar-refractivity contribution in [3.8, 4) is 0 Å². The molecule has 2 aromatic rings. The molecule has 0 saturated carbocycles. The fraction of sp³-hybridized carbons (Fsp3) is 0.368. The maximum absolute atomic E-state index is 13.2. The summed E-state index contributed by atoms with van der Waals surface area (Å²) in [5, 5.41) is 12.0. The number of benzene rings is 1. The molecular weight excluding hydrogens is 473 g/mol. The molecule has 4 N–H and O–H groups in total. The Morgan fingerprint density at radius 2 is 1.91 bits per heavy atom. The van der Waals surface area contributed by atoms with Gasteiger partial charge in [0.2, 0.25) is 0 Å². The first-order valence-corrected chi connectivity index (χ1v) is 11.0. The minimum atomic E-state index is -4.91. The lowest BCUT2D eigenvalue weighted by Crippen LogP contribution is -2.37. The molecule has 1 saturated heterocycles.